The summed E-state index contributed by atoms with van der Waals surface area (Å²) in [6.07, 6.45) is 3.18. The predicted molar refractivity (Wildman–Crippen MR) is 70.2 cm³/mol. The van der Waals surface area contributed by atoms with Gasteiger partial charge in [-0.1, -0.05) is 0 Å². The molecule has 1 saturated heterocycles. The zero-order valence-corrected chi connectivity index (χ0v) is 10.6. The Bertz CT molecular complexity index is 445. The van der Waals surface area contributed by atoms with Crippen LogP contribution in [0.5, 0.6) is 5.75 Å². The van der Waals surface area contributed by atoms with Crippen molar-refractivity contribution < 1.29 is 15.0 Å². The summed E-state index contributed by atoms with van der Waals surface area (Å²) in [6, 6.07) is 5.21. The Kier molecular flexibility index (Phi) is 3.87. The Morgan fingerprint density at radius 2 is 2.22 bits per heavy atom. The molecular formula is C14H19NO3. The van der Waals surface area contributed by atoms with Crippen molar-refractivity contribution in [3.05, 3.63) is 23.8 Å². The van der Waals surface area contributed by atoms with Gasteiger partial charge < -0.3 is 15.1 Å². The van der Waals surface area contributed by atoms with Crippen molar-refractivity contribution in [2.45, 2.75) is 32.2 Å². The molecular weight excluding hydrogens is 230 g/mol. The Labute approximate surface area is 107 Å². The molecule has 0 saturated carbocycles. The van der Waals surface area contributed by atoms with Gasteiger partial charge in [0.25, 0.3) is 0 Å². The maximum absolute atomic E-state index is 11.3. The summed E-state index contributed by atoms with van der Waals surface area (Å²) in [6.45, 7) is 2.44. The summed E-state index contributed by atoms with van der Waals surface area (Å²) in [5.41, 5.74) is 1.22. The minimum absolute atomic E-state index is 0.0160. The van der Waals surface area contributed by atoms with Crippen LogP contribution in [-0.2, 0) is 0 Å². The first kappa shape index (κ1) is 12.9. The van der Waals surface area contributed by atoms with Gasteiger partial charge in [-0.15, -0.1) is 0 Å². The Morgan fingerprint density at radius 1 is 1.44 bits per heavy atom. The fourth-order valence-electron chi connectivity index (χ4n) is 2.53. The first-order valence-corrected chi connectivity index (χ1v) is 6.35. The maximum atomic E-state index is 11.3. The van der Waals surface area contributed by atoms with Crippen molar-refractivity contribution in [3.63, 3.8) is 0 Å². The fraction of sp³-hybridized carbons (Fsp3) is 0.500. The van der Waals surface area contributed by atoms with Crippen LogP contribution < -0.4 is 4.90 Å². The van der Waals surface area contributed by atoms with Gasteiger partial charge >= 0.3 is 0 Å². The molecule has 98 valence electrons. The molecule has 0 spiro atoms. The van der Waals surface area contributed by atoms with Crippen LogP contribution in [0.4, 0.5) is 5.69 Å². The highest BCUT2D eigenvalue weighted by atomic mass is 16.3. The van der Waals surface area contributed by atoms with Gasteiger partial charge in [0.15, 0.2) is 5.78 Å². The molecule has 18 heavy (non-hydrogen) atoms. The van der Waals surface area contributed by atoms with Crippen LogP contribution in [0, 0.1) is 0 Å². The SMILES string of the molecule is CC(=O)c1ccc(N2CCCCC2CO)cc1O. The highest BCUT2D eigenvalue weighted by Gasteiger charge is 2.22. The number of ketones is 1. The molecule has 1 heterocycles. The number of benzene rings is 1. The number of aliphatic hydroxyl groups excluding tert-OH is 1. The van der Waals surface area contributed by atoms with E-state index in [1.807, 2.05) is 6.07 Å². The van der Waals surface area contributed by atoms with Gasteiger partial charge in [-0.2, -0.15) is 0 Å². The largest absolute Gasteiger partial charge is 0.507 e. The Hall–Kier alpha value is -1.55. The van der Waals surface area contributed by atoms with Gasteiger partial charge in [-0.25, -0.2) is 0 Å². The van der Waals surface area contributed by atoms with Crippen LogP contribution in [0.3, 0.4) is 0 Å². The molecule has 1 unspecified atom stereocenters. The molecule has 4 heteroatoms. The number of Topliss-reactive ketones (excluding diaryl/α,β-unsaturated/α-hetero) is 1. The number of phenolic OH excluding ortho intramolecular Hbond substituents is 1. The van der Waals surface area contributed by atoms with Crippen molar-refractivity contribution in [1.29, 1.82) is 0 Å². The van der Waals surface area contributed by atoms with E-state index in [4.69, 9.17) is 0 Å². The first-order chi connectivity index (χ1) is 8.63. The summed E-state index contributed by atoms with van der Waals surface area (Å²) >= 11 is 0. The van der Waals surface area contributed by atoms with Gasteiger partial charge in [0.1, 0.15) is 5.75 Å². The molecule has 4 nitrogen and oxygen atoms in total. The third-order valence-electron chi connectivity index (χ3n) is 3.53. The zero-order chi connectivity index (χ0) is 13.1. The minimum atomic E-state index is -0.142. The lowest BCUT2D eigenvalue weighted by molar-refractivity contribution is 0.101. The lowest BCUT2D eigenvalue weighted by atomic mass is 10.0. The van der Waals surface area contributed by atoms with Crippen LogP contribution in [0.1, 0.15) is 36.5 Å². The molecule has 1 aromatic rings. The van der Waals surface area contributed by atoms with Crippen molar-refractivity contribution in [3.8, 4) is 5.75 Å². The summed E-state index contributed by atoms with van der Waals surface area (Å²) in [7, 11) is 0. The molecule has 1 aliphatic rings. The number of hydrogen-bond acceptors (Lipinski definition) is 4. The summed E-state index contributed by atoms with van der Waals surface area (Å²) in [5.74, 6) is -0.126. The fourth-order valence-corrected chi connectivity index (χ4v) is 2.53. The second-order valence-corrected chi connectivity index (χ2v) is 4.78. The number of rotatable bonds is 3. The number of carbonyl (C=O) groups excluding carboxylic acids is 1. The second kappa shape index (κ2) is 5.40. The van der Waals surface area contributed by atoms with Crippen LogP contribution in [-0.4, -0.2) is 35.2 Å². The van der Waals surface area contributed by atoms with E-state index in [9.17, 15) is 15.0 Å². The predicted octanol–water partition coefficient (Wildman–Crippen LogP) is 1.95. The van der Waals surface area contributed by atoms with Crippen LogP contribution in [0.2, 0.25) is 0 Å². The van der Waals surface area contributed by atoms with E-state index in [1.165, 1.54) is 6.92 Å². The number of nitrogens with zero attached hydrogens (tertiary/aromatic N) is 1. The molecule has 0 amide bonds. The van der Waals surface area contributed by atoms with Crippen LogP contribution >= 0.6 is 0 Å². The number of piperidine rings is 1. The quantitative estimate of drug-likeness (QED) is 0.804. The van der Waals surface area contributed by atoms with E-state index >= 15 is 0 Å². The van der Waals surface area contributed by atoms with Gasteiger partial charge in [-0.3, -0.25) is 4.79 Å². The molecule has 1 fully saturated rings. The van der Waals surface area contributed by atoms with Crippen LogP contribution in [0.15, 0.2) is 18.2 Å². The van der Waals surface area contributed by atoms with Crippen LogP contribution in [0.25, 0.3) is 0 Å². The molecule has 0 aromatic heterocycles. The highest BCUT2D eigenvalue weighted by molar-refractivity contribution is 5.97. The van der Waals surface area contributed by atoms with Gasteiger partial charge in [-0.05, 0) is 38.3 Å². The molecule has 0 aliphatic carbocycles. The zero-order valence-electron chi connectivity index (χ0n) is 10.6. The lowest BCUT2D eigenvalue weighted by Gasteiger charge is -2.36. The monoisotopic (exact) mass is 249 g/mol. The standard InChI is InChI=1S/C14H19NO3/c1-10(17)13-6-5-11(8-14(13)18)15-7-3-2-4-12(15)9-16/h5-6,8,12,16,18H,2-4,7,9H2,1H3. The Balaban J connectivity index is 2.27. The van der Waals surface area contributed by atoms with E-state index in [2.05, 4.69) is 4.90 Å². The number of phenols is 1. The van der Waals surface area contributed by atoms with Crippen molar-refractivity contribution in [2.24, 2.45) is 0 Å². The van der Waals surface area contributed by atoms with Gasteiger partial charge in [0.05, 0.1) is 18.2 Å². The number of carbonyl (C=O) groups is 1. The number of aliphatic hydroxyl groups is 1. The van der Waals surface area contributed by atoms with Crippen molar-refractivity contribution >= 4 is 11.5 Å². The van der Waals surface area contributed by atoms with E-state index in [1.54, 1.807) is 12.1 Å². The summed E-state index contributed by atoms with van der Waals surface area (Å²) in [4.78, 5) is 13.4. The Morgan fingerprint density at radius 3 is 2.83 bits per heavy atom. The number of anilines is 1. The average molecular weight is 249 g/mol. The topological polar surface area (TPSA) is 60.8 Å². The number of aromatic hydroxyl groups is 1. The lowest BCUT2D eigenvalue weighted by Crippen LogP contribution is -2.41. The second-order valence-electron chi connectivity index (χ2n) is 4.78. The molecule has 2 rings (SSSR count). The molecule has 1 aromatic carbocycles. The highest BCUT2D eigenvalue weighted by Crippen LogP contribution is 2.29. The maximum Gasteiger partial charge on any atom is 0.163 e. The average Bonchev–Trinajstić information content (AvgIpc) is 2.38. The third kappa shape index (κ3) is 2.48. The molecule has 0 radical (unpaired) electrons. The summed E-state index contributed by atoms with van der Waals surface area (Å²) in [5, 5.41) is 19.2. The smallest absolute Gasteiger partial charge is 0.163 e. The normalized spacial score (nSPS) is 19.9. The van der Waals surface area contributed by atoms with Gasteiger partial charge in [0, 0.05) is 18.3 Å². The summed E-state index contributed by atoms with van der Waals surface area (Å²) < 4.78 is 0. The van der Waals surface area contributed by atoms with Gasteiger partial charge in [0.2, 0.25) is 0 Å². The minimum Gasteiger partial charge on any atom is -0.507 e. The van der Waals surface area contributed by atoms with Crippen molar-refractivity contribution in [2.75, 3.05) is 18.1 Å². The van der Waals surface area contributed by atoms with Crippen molar-refractivity contribution in [1.82, 2.24) is 0 Å². The third-order valence-corrected chi connectivity index (χ3v) is 3.53. The molecule has 1 aliphatic heterocycles. The molecule has 0 bridgehead atoms. The molecule has 2 N–H and O–H groups in total. The van der Waals surface area contributed by atoms with E-state index in [-0.39, 0.29) is 24.2 Å². The first-order valence-electron chi connectivity index (χ1n) is 6.35. The van der Waals surface area contributed by atoms with E-state index in [0.717, 1.165) is 31.5 Å². The number of hydrogen-bond donors (Lipinski definition) is 2. The molecule has 1 atom stereocenters. The van der Waals surface area contributed by atoms with E-state index < -0.39 is 0 Å². The van der Waals surface area contributed by atoms with E-state index in [0.29, 0.717) is 5.56 Å².